The molecule has 5 nitrogen and oxygen atoms in total. The van der Waals surface area contributed by atoms with Crippen molar-refractivity contribution >= 4 is 35.6 Å². The van der Waals surface area contributed by atoms with Crippen LogP contribution in [0.4, 0.5) is 0 Å². The molecule has 1 heterocycles. The average molecular weight is 344 g/mol. The largest absolute Gasteiger partial charge is 0.366 e. The third-order valence-electron chi connectivity index (χ3n) is 4.78. The van der Waals surface area contributed by atoms with Gasteiger partial charge in [-0.05, 0) is 43.6 Å². The molecule has 2 aliphatic rings. The molecule has 2 atom stereocenters. The molecule has 1 aromatic rings. The zero-order chi connectivity index (χ0) is 15.0. The van der Waals surface area contributed by atoms with Gasteiger partial charge in [0.05, 0.1) is 10.4 Å². The van der Waals surface area contributed by atoms with E-state index in [-0.39, 0.29) is 30.4 Å². The standard InChI is InChI=1S/C15H21N3O2S.ClH/c16-11-4-8-2-1-3-9(5-11)13(8)18-15(20)12-6-10(7-21-12)14(17)19;/h6-9,11,13H,1-5,16H2,(H2,17,19)(H,18,20);1H. The number of carbonyl (C=O) groups is 2. The second-order valence-corrected chi connectivity index (χ2v) is 7.16. The van der Waals surface area contributed by atoms with Crippen molar-refractivity contribution in [3.63, 3.8) is 0 Å². The minimum atomic E-state index is -0.495. The fourth-order valence-electron chi connectivity index (χ4n) is 3.83. The number of carbonyl (C=O) groups excluding carboxylic acids is 2. The molecule has 0 radical (unpaired) electrons. The van der Waals surface area contributed by atoms with Gasteiger partial charge in [0.2, 0.25) is 5.91 Å². The Bertz CT molecular complexity index is 549. The minimum Gasteiger partial charge on any atom is -0.366 e. The number of halogens is 1. The molecular formula is C15H22ClN3O2S. The van der Waals surface area contributed by atoms with Crippen LogP contribution in [0.1, 0.15) is 52.1 Å². The lowest BCUT2D eigenvalue weighted by molar-refractivity contribution is 0.0759. The zero-order valence-corrected chi connectivity index (χ0v) is 13.9. The van der Waals surface area contributed by atoms with Crippen molar-refractivity contribution in [1.82, 2.24) is 5.32 Å². The van der Waals surface area contributed by atoms with Crippen molar-refractivity contribution in [1.29, 1.82) is 0 Å². The number of rotatable bonds is 3. The Morgan fingerprint density at radius 1 is 1.23 bits per heavy atom. The van der Waals surface area contributed by atoms with Gasteiger partial charge >= 0.3 is 0 Å². The molecule has 0 saturated heterocycles. The molecule has 1 aromatic heterocycles. The van der Waals surface area contributed by atoms with E-state index in [0.29, 0.717) is 22.3 Å². The lowest BCUT2D eigenvalue weighted by Gasteiger charge is -2.45. The maximum absolute atomic E-state index is 12.4. The second-order valence-electron chi connectivity index (χ2n) is 6.25. The summed E-state index contributed by atoms with van der Waals surface area (Å²) in [7, 11) is 0. The monoisotopic (exact) mass is 343 g/mol. The first kappa shape index (κ1) is 17.2. The summed E-state index contributed by atoms with van der Waals surface area (Å²) in [5.41, 5.74) is 11.7. The highest BCUT2D eigenvalue weighted by Crippen LogP contribution is 2.39. The molecule has 7 heteroatoms. The predicted molar refractivity (Wildman–Crippen MR) is 89.4 cm³/mol. The molecule has 2 amide bonds. The van der Waals surface area contributed by atoms with Crippen LogP contribution in [0.5, 0.6) is 0 Å². The number of hydrogen-bond acceptors (Lipinski definition) is 4. The lowest BCUT2D eigenvalue weighted by atomic mass is 9.67. The molecule has 5 N–H and O–H groups in total. The van der Waals surface area contributed by atoms with Crippen LogP contribution >= 0.6 is 23.7 Å². The van der Waals surface area contributed by atoms with Crippen LogP contribution in [0.3, 0.4) is 0 Å². The van der Waals surface area contributed by atoms with Crippen LogP contribution in [0.25, 0.3) is 0 Å². The van der Waals surface area contributed by atoms with Crippen LogP contribution in [0.15, 0.2) is 11.4 Å². The number of hydrogen-bond donors (Lipinski definition) is 3. The molecule has 2 saturated carbocycles. The van der Waals surface area contributed by atoms with Gasteiger partial charge < -0.3 is 16.8 Å². The maximum atomic E-state index is 12.4. The van der Waals surface area contributed by atoms with E-state index in [0.717, 1.165) is 25.7 Å². The molecule has 2 bridgehead atoms. The molecule has 3 rings (SSSR count). The fourth-order valence-corrected chi connectivity index (χ4v) is 4.63. The summed E-state index contributed by atoms with van der Waals surface area (Å²) < 4.78 is 0. The Labute approximate surface area is 140 Å². The highest BCUT2D eigenvalue weighted by Gasteiger charge is 2.40. The molecule has 122 valence electrons. The van der Waals surface area contributed by atoms with Crippen molar-refractivity contribution in [3.8, 4) is 0 Å². The summed E-state index contributed by atoms with van der Waals surface area (Å²) in [6.45, 7) is 0. The van der Waals surface area contributed by atoms with Gasteiger partial charge in [0.25, 0.3) is 5.91 Å². The Hall–Kier alpha value is -1.11. The third kappa shape index (κ3) is 3.45. The molecule has 2 unspecified atom stereocenters. The summed E-state index contributed by atoms with van der Waals surface area (Å²) in [4.78, 5) is 24.0. The van der Waals surface area contributed by atoms with Gasteiger partial charge in [-0.3, -0.25) is 9.59 Å². The Kier molecular flexibility index (Phi) is 5.47. The lowest BCUT2D eigenvalue weighted by Crippen LogP contribution is -2.53. The van der Waals surface area contributed by atoms with Crippen LogP contribution in [-0.2, 0) is 0 Å². The zero-order valence-electron chi connectivity index (χ0n) is 12.3. The van der Waals surface area contributed by atoms with Crippen LogP contribution in [0, 0.1) is 11.8 Å². The Morgan fingerprint density at radius 3 is 2.41 bits per heavy atom. The predicted octanol–water partition coefficient (Wildman–Crippen LogP) is 1.90. The first-order chi connectivity index (χ1) is 10.0. The molecule has 2 fully saturated rings. The number of thiophene rings is 1. The molecule has 0 spiro atoms. The van der Waals surface area contributed by atoms with Gasteiger partial charge in [0.15, 0.2) is 0 Å². The molecule has 2 aliphatic carbocycles. The van der Waals surface area contributed by atoms with Crippen LogP contribution in [-0.4, -0.2) is 23.9 Å². The van der Waals surface area contributed by atoms with E-state index in [1.807, 2.05) is 0 Å². The average Bonchev–Trinajstić information content (AvgIpc) is 2.89. The fraction of sp³-hybridized carbons (Fsp3) is 0.600. The summed E-state index contributed by atoms with van der Waals surface area (Å²) in [6.07, 6.45) is 5.52. The summed E-state index contributed by atoms with van der Waals surface area (Å²) in [6, 6.07) is 2.08. The van der Waals surface area contributed by atoms with E-state index >= 15 is 0 Å². The van der Waals surface area contributed by atoms with E-state index in [1.54, 1.807) is 11.4 Å². The van der Waals surface area contributed by atoms with Crippen LogP contribution < -0.4 is 16.8 Å². The normalized spacial score (nSPS) is 30.2. The summed E-state index contributed by atoms with van der Waals surface area (Å²) in [5, 5.41) is 4.81. The molecular weight excluding hydrogens is 322 g/mol. The van der Waals surface area contributed by atoms with Gasteiger partial charge in [0, 0.05) is 17.5 Å². The Morgan fingerprint density at radius 2 is 1.86 bits per heavy atom. The number of primary amides is 1. The van der Waals surface area contributed by atoms with Gasteiger partial charge in [0.1, 0.15) is 0 Å². The topological polar surface area (TPSA) is 98.2 Å². The smallest absolute Gasteiger partial charge is 0.261 e. The first-order valence-electron chi connectivity index (χ1n) is 7.49. The van der Waals surface area contributed by atoms with Gasteiger partial charge in [-0.2, -0.15) is 0 Å². The van der Waals surface area contributed by atoms with E-state index in [4.69, 9.17) is 11.5 Å². The SMILES string of the molecule is Cl.NC(=O)c1csc(C(=O)NC2C3CCCC2CC(N)C3)c1. The highest BCUT2D eigenvalue weighted by molar-refractivity contribution is 7.12. The van der Waals surface area contributed by atoms with E-state index in [1.165, 1.54) is 17.8 Å². The second kappa shape index (κ2) is 6.98. The summed E-state index contributed by atoms with van der Waals surface area (Å²) in [5.74, 6) is 0.398. The molecule has 0 aromatic carbocycles. The van der Waals surface area contributed by atoms with Crippen molar-refractivity contribution in [2.75, 3.05) is 0 Å². The van der Waals surface area contributed by atoms with Crippen molar-refractivity contribution in [2.24, 2.45) is 23.3 Å². The third-order valence-corrected chi connectivity index (χ3v) is 5.71. The van der Waals surface area contributed by atoms with E-state index in [2.05, 4.69) is 5.32 Å². The molecule has 22 heavy (non-hydrogen) atoms. The quantitative estimate of drug-likeness (QED) is 0.781. The van der Waals surface area contributed by atoms with Gasteiger partial charge in [-0.25, -0.2) is 0 Å². The van der Waals surface area contributed by atoms with Crippen molar-refractivity contribution < 1.29 is 9.59 Å². The highest BCUT2D eigenvalue weighted by atomic mass is 35.5. The number of nitrogens with two attached hydrogens (primary N) is 2. The van der Waals surface area contributed by atoms with E-state index < -0.39 is 5.91 Å². The van der Waals surface area contributed by atoms with Gasteiger partial charge in [-0.15, -0.1) is 23.7 Å². The number of fused-ring (bicyclic) bond motifs is 2. The van der Waals surface area contributed by atoms with Crippen molar-refractivity contribution in [3.05, 3.63) is 21.9 Å². The van der Waals surface area contributed by atoms with Crippen molar-refractivity contribution in [2.45, 2.75) is 44.2 Å². The Balaban J connectivity index is 0.00000176. The van der Waals surface area contributed by atoms with E-state index in [9.17, 15) is 9.59 Å². The van der Waals surface area contributed by atoms with Gasteiger partial charge in [-0.1, -0.05) is 6.42 Å². The van der Waals surface area contributed by atoms with Crippen LogP contribution in [0.2, 0.25) is 0 Å². The number of nitrogens with one attached hydrogen (secondary N) is 1. The minimum absolute atomic E-state index is 0. The number of amides is 2. The summed E-state index contributed by atoms with van der Waals surface area (Å²) >= 11 is 1.27. The first-order valence-corrected chi connectivity index (χ1v) is 8.37. The maximum Gasteiger partial charge on any atom is 0.261 e. The molecule has 0 aliphatic heterocycles.